The highest BCUT2D eigenvalue weighted by Crippen LogP contribution is 2.31. The Morgan fingerprint density at radius 3 is 2.75 bits per heavy atom. The number of anilines is 1. The predicted octanol–water partition coefficient (Wildman–Crippen LogP) is 2.08. The van der Waals surface area contributed by atoms with Gasteiger partial charge < -0.3 is 15.6 Å². The van der Waals surface area contributed by atoms with Gasteiger partial charge in [-0.2, -0.15) is 4.98 Å². The second-order valence-corrected chi connectivity index (χ2v) is 5.56. The third-order valence-corrected chi connectivity index (χ3v) is 3.95. The van der Waals surface area contributed by atoms with Crippen molar-refractivity contribution in [1.29, 1.82) is 0 Å². The van der Waals surface area contributed by atoms with Crippen LogP contribution in [-0.4, -0.2) is 37.6 Å². The number of ether oxygens (including phenoxy) is 1. The fourth-order valence-electron chi connectivity index (χ4n) is 2.60. The third-order valence-electron chi connectivity index (χ3n) is 3.66. The van der Waals surface area contributed by atoms with Crippen molar-refractivity contribution in [3.8, 4) is 11.6 Å². The number of carbonyl (C=O) groups is 1. The summed E-state index contributed by atoms with van der Waals surface area (Å²) in [7, 11) is 1.51. The Morgan fingerprint density at radius 2 is 2.08 bits per heavy atom. The van der Waals surface area contributed by atoms with Gasteiger partial charge in [0.25, 0.3) is 5.91 Å². The maximum Gasteiger partial charge on any atom is 0.285 e. The first-order chi connectivity index (χ1) is 11.3. The summed E-state index contributed by atoms with van der Waals surface area (Å²) < 4.78 is 6.30. The fraction of sp³-hybridized carbons (Fsp3) is 0.200. The van der Waals surface area contributed by atoms with Crippen LogP contribution in [0.15, 0.2) is 12.3 Å². The number of nitrogen functional groups attached to an aromatic ring is 1. The van der Waals surface area contributed by atoms with Crippen LogP contribution in [0, 0.1) is 13.8 Å². The van der Waals surface area contributed by atoms with Gasteiger partial charge in [-0.1, -0.05) is 11.6 Å². The maximum atomic E-state index is 12.9. The normalized spacial score (nSPS) is 11.0. The number of carbonyl (C=O) groups excluding carboxylic acids is 1. The second-order valence-electron chi connectivity index (χ2n) is 5.20. The first-order valence-corrected chi connectivity index (χ1v) is 7.31. The van der Waals surface area contributed by atoms with Crippen LogP contribution in [0.5, 0.6) is 11.6 Å². The van der Waals surface area contributed by atoms with Gasteiger partial charge in [-0.25, -0.2) is 9.55 Å². The van der Waals surface area contributed by atoms with Crippen LogP contribution < -0.4 is 10.5 Å². The summed E-state index contributed by atoms with van der Waals surface area (Å²) in [5.41, 5.74) is 7.17. The van der Waals surface area contributed by atoms with Crippen LogP contribution in [0.25, 0.3) is 11.0 Å². The minimum absolute atomic E-state index is 0.0468. The Morgan fingerprint density at radius 1 is 1.38 bits per heavy atom. The molecule has 0 bridgehead atoms. The number of rotatable bonds is 2. The van der Waals surface area contributed by atoms with Crippen molar-refractivity contribution in [3.63, 3.8) is 0 Å². The molecule has 0 atom stereocenters. The summed E-state index contributed by atoms with van der Waals surface area (Å²) in [6.07, 6.45) is 1.53. The molecule has 3 N–H and O–H groups in total. The highest BCUT2D eigenvalue weighted by atomic mass is 35.5. The Hall–Kier alpha value is -2.87. The molecule has 0 unspecified atom stereocenters. The Kier molecular flexibility index (Phi) is 3.76. The summed E-state index contributed by atoms with van der Waals surface area (Å²) in [5, 5.41) is 10.5. The number of methoxy groups -OCH3 is 1. The number of nitrogens with zero attached hydrogens (tertiary/aromatic N) is 4. The number of fused-ring (bicyclic) bond motifs is 1. The Bertz CT molecular complexity index is 983. The van der Waals surface area contributed by atoms with E-state index in [0.29, 0.717) is 16.7 Å². The third kappa shape index (κ3) is 2.31. The molecule has 0 aromatic carbocycles. The highest BCUT2D eigenvalue weighted by molar-refractivity contribution is 6.34. The molecule has 0 aliphatic heterocycles. The molecule has 124 valence electrons. The van der Waals surface area contributed by atoms with Crippen molar-refractivity contribution in [2.75, 3.05) is 12.8 Å². The van der Waals surface area contributed by atoms with Crippen molar-refractivity contribution in [2.45, 2.75) is 13.8 Å². The lowest BCUT2D eigenvalue weighted by molar-refractivity contribution is 0.0950. The van der Waals surface area contributed by atoms with Crippen molar-refractivity contribution < 1.29 is 14.6 Å². The molecule has 24 heavy (non-hydrogen) atoms. The summed E-state index contributed by atoms with van der Waals surface area (Å²) >= 11 is 6.00. The van der Waals surface area contributed by atoms with Gasteiger partial charge >= 0.3 is 0 Å². The number of aryl methyl sites for hydroxylation is 1. The van der Waals surface area contributed by atoms with Crippen LogP contribution in [0.1, 0.15) is 21.6 Å². The van der Waals surface area contributed by atoms with E-state index >= 15 is 0 Å². The van der Waals surface area contributed by atoms with Gasteiger partial charge in [0.05, 0.1) is 12.5 Å². The molecule has 3 heterocycles. The molecule has 0 aliphatic rings. The monoisotopic (exact) mass is 347 g/mol. The van der Waals surface area contributed by atoms with E-state index in [1.807, 2.05) is 6.92 Å². The quantitative estimate of drug-likeness (QED) is 0.681. The molecule has 0 spiro atoms. The van der Waals surface area contributed by atoms with Crippen molar-refractivity contribution in [2.24, 2.45) is 0 Å². The molecule has 9 heteroatoms. The molecule has 8 nitrogen and oxygen atoms in total. The Balaban J connectivity index is 2.25. The molecular formula is C15H14ClN5O3. The minimum Gasteiger partial charge on any atom is -0.496 e. The Labute approximate surface area is 141 Å². The molecule has 0 saturated heterocycles. The molecule has 3 rings (SSSR count). The largest absolute Gasteiger partial charge is 0.496 e. The van der Waals surface area contributed by atoms with Gasteiger partial charge in [-0.05, 0) is 13.8 Å². The first-order valence-electron chi connectivity index (χ1n) is 6.93. The number of aromatic nitrogens is 4. The number of aromatic hydroxyl groups is 1. The van der Waals surface area contributed by atoms with E-state index in [0.717, 1.165) is 10.1 Å². The minimum atomic E-state index is -0.576. The molecule has 0 saturated carbocycles. The van der Waals surface area contributed by atoms with Crippen molar-refractivity contribution >= 4 is 34.5 Å². The second kappa shape index (κ2) is 5.64. The topological polar surface area (TPSA) is 116 Å². The number of hydrogen-bond acceptors (Lipinski definition) is 7. The molecule has 0 aliphatic carbocycles. The zero-order valence-corrected chi connectivity index (χ0v) is 13.9. The summed E-state index contributed by atoms with van der Waals surface area (Å²) in [6.45, 7) is 3.54. The van der Waals surface area contributed by atoms with Gasteiger partial charge in [0, 0.05) is 23.4 Å². The number of hydrogen-bond donors (Lipinski definition) is 2. The average molecular weight is 348 g/mol. The van der Waals surface area contributed by atoms with Crippen LogP contribution >= 0.6 is 11.6 Å². The summed E-state index contributed by atoms with van der Waals surface area (Å²) in [6, 6.07) is 1.30. The lowest BCUT2D eigenvalue weighted by atomic mass is 10.1. The number of pyridine rings is 1. The van der Waals surface area contributed by atoms with E-state index in [-0.39, 0.29) is 28.3 Å². The van der Waals surface area contributed by atoms with Gasteiger partial charge in [-0.15, -0.1) is 0 Å². The van der Waals surface area contributed by atoms with Crippen LogP contribution in [0.2, 0.25) is 5.15 Å². The zero-order chi connectivity index (χ0) is 17.6. The van der Waals surface area contributed by atoms with Crippen LogP contribution in [-0.2, 0) is 0 Å². The van der Waals surface area contributed by atoms with Gasteiger partial charge in [0.1, 0.15) is 16.6 Å². The van der Waals surface area contributed by atoms with Gasteiger partial charge in [0.2, 0.25) is 11.8 Å². The molecule has 3 aromatic rings. The van der Waals surface area contributed by atoms with Gasteiger partial charge in [-0.3, -0.25) is 9.78 Å². The van der Waals surface area contributed by atoms with E-state index in [1.54, 1.807) is 6.92 Å². The highest BCUT2D eigenvalue weighted by Gasteiger charge is 2.24. The summed E-state index contributed by atoms with van der Waals surface area (Å²) in [4.78, 5) is 24.9. The SMILES string of the molecule is COc1c(C)cnc(C(=O)n2c(O)cc3c(Cl)nc(N)nc32)c1C. The standard InChI is InChI=1S/C15H14ClN5O3/c1-6-5-18-10(7(2)11(6)24-3)14(23)21-9(22)4-8-12(16)19-15(17)20-13(8)21/h4-5,22H,1-3H3,(H2,17,19,20). The van der Waals surface area contributed by atoms with E-state index in [2.05, 4.69) is 15.0 Å². The van der Waals surface area contributed by atoms with E-state index in [4.69, 9.17) is 22.1 Å². The lowest BCUT2D eigenvalue weighted by Crippen LogP contribution is -2.16. The average Bonchev–Trinajstić information content (AvgIpc) is 2.84. The number of nitrogens with two attached hydrogens (primary N) is 1. The zero-order valence-electron chi connectivity index (χ0n) is 13.2. The molecule has 0 radical (unpaired) electrons. The van der Waals surface area contributed by atoms with Gasteiger partial charge in [0.15, 0.2) is 5.65 Å². The van der Waals surface area contributed by atoms with E-state index < -0.39 is 5.91 Å². The maximum absolute atomic E-state index is 12.9. The fourth-order valence-corrected chi connectivity index (χ4v) is 2.83. The van der Waals surface area contributed by atoms with Crippen LogP contribution in [0.3, 0.4) is 0 Å². The molecule has 3 aromatic heterocycles. The summed E-state index contributed by atoms with van der Waals surface area (Å²) in [5.74, 6) is -0.465. The molecule has 0 amide bonds. The van der Waals surface area contributed by atoms with Crippen molar-refractivity contribution in [3.05, 3.63) is 34.2 Å². The number of halogens is 1. The molecular weight excluding hydrogens is 334 g/mol. The van der Waals surface area contributed by atoms with E-state index in [1.165, 1.54) is 19.4 Å². The van der Waals surface area contributed by atoms with Crippen LogP contribution in [0.4, 0.5) is 5.95 Å². The first kappa shape index (κ1) is 16.0. The predicted molar refractivity (Wildman–Crippen MR) is 88.6 cm³/mol. The van der Waals surface area contributed by atoms with E-state index in [9.17, 15) is 9.90 Å². The molecule has 0 fully saturated rings. The lowest BCUT2D eigenvalue weighted by Gasteiger charge is -2.12. The van der Waals surface area contributed by atoms with Crippen molar-refractivity contribution in [1.82, 2.24) is 19.5 Å². The smallest absolute Gasteiger partial charge is 0.285 e.